The lowest BCUT2D eigenvalue weighted by molar-refractivity contribution is 0.590. The van der Waals surface area contributed by atoms with E-state index in [1.54, 1.807) is 0 Å². The highest BCUT2D eigenvalue weighted by atomic mass is 15.3. The van der Waals surface area contributed by atoms with Crippen molar-refractivity contribution < 1.29 is 0 Å². The zero-order valence-corrected chi connectivity index (χ0v) is 15.2. The summed E-state index contributed by atoms with van der Waals surface area (Å²) in [6.07, 6.45) is 1.99. The number of aromatic nitrogens is 3. The average molecular weight is 329 g/mol. The molecule has 4 rings (SSSR count). The standard InChI is InChI=1S/C22H23N3/c1-22(2,3)16-11-9-15(10-12-16)20-18(13-14-23-20)21-17-7-5-6-8-19(17)25(4)24-21/h5-14,23H,1-4H3. The van der Waals surface area contributed by atoms with Crippen molar-refractivity contribution in [2.24, 2.45) is 7.05 Å². The Hall–Kier alpha value is -2.81. The van der Waals surface area contributed by atoms with Crippen LogP contribution in [0.1, 0.15) is 26.3 Å². The maximum Gasteiger partial charge on any atom is 0.102 e. The molecular formula is C22H23N3. The zero-order valence-electron chi connectivity index (χ0n) is 15.2. The Labute approximate surface area is 148 Å². The molecule has 0 fully saturated rings. The molecule has 2 aromatic heterocycles. The van der Waals surface area contributed by atoms with Crippen LogP contribution >= 0.6 is 0 Å². The molecule has 3 nitrogen and oxygen atoms in total. The van der Waals surface area contributed by atoms with Gasteiger partial charge in [0, 0.05) is 24.2 Å². The van der Waals surface area contributed by atoms with Crippen molar-refractivity contribution in [2.45, 2.75) is 26.2 Å². The Morgan fingerprint density at radius 1 is 0.920 bits per heavy atom. The number of hydrogen-bond acceptors (Lipinski definition) is 1. The van der Waals surface area contributed by atoms with Crippen molar-refractivity contribution in [3.63, 3.8) is 0 Å². The van der Waals surface area contributed by atoms with Gasteiger partial charge in [-0.15, -0.1) is 0 Å². The first kappa shape index (κ1) is 15.7. The van der Waals surface area contributed by atoms with Crippen molar-refractivity contribution in [3.8, 4) is 22.5 Å². The van der Waals surface area contributed by atoms with Gasteiger partial charge in [0.05, 0.1) is 11.2 Å². The molecule has 0 amide bonds. The lowest BCUT2D eigenvalue weighted by Gasteiger charge is -2.19. The van der Waals surface area contributed by atoms with Gasteiger partial charge in [0.25, 0.3) is 0 Å². The molecule has 0 unspecified atom stereocenters. The Morgan fingerprint density at radius 3 is 2.36 bits per heavy atom. The van der Waals surface area contributed by atoms with Crippen LogP contribution in [0.4, 0.5) is 0 Å². The van der Waals surface area contributed by atoms with E-state index in [-0.39, 0.29) is 5.41 Å². The molecule has 0 aliphatic heterocycles. The minimum atomic E-state index is 0.161. The van der Waals surface area contributed by atoms with E-state index in [1.807, 2.05) is 17.9 Å². The van der Waals surface area contributed by atoms with Crippen LogP contribution in [0, 0.1) is 0 Å². The Morgan fingerprint density at radius 2 is 1.64 bits per heavy atom. The van der Waals surface area contributed by atoms with Gasteiger partial charge < -0.3 is 4.98 Å². The van der Waals surface area contributed by atoms with E-state index < -0.39 is 0 Å². The molecule has 0 aliphatic carbocycles. The molecule has 0 aliphatic rings. The van der Waals surface area contributed by atoms with Crippen LogP contribution in [0.3, 0.4) is 0 Å². The van der Waals surface area contributed by atoms with E-state index in [9.17, 15) is 0 Å². The predicted octanol–water partition coefficient (Wildman–Crippen LogP) is 5.53. The van der Waals surface area contributed by atoms with Gasteiger partial charge >= 0.3 is 0 Å². The summed E-state index contributed by atoms with van der Waals surface area (Å²) in [5.74, 6) is 0. The summed E-state index contributed by atoms with van der Waals surface area (Å²) < 4.78 is 1.95. The SMILES string of the molecule is Cn1nc(-c2cc[nH]c2-c2ccc(C(C)(C)C)cc2)c2ccccc21. The first-order valence-corrected chi connectivity index (χ1v) is 8.65. The summed E-state index contributed by atoms with van der Waals surface area (Å²) in [5, 5.41) is 5.95. The van der Waals surface area contributed by atoms with E-state index in [1.165, 1.54) is 16.5 Å². The fourth-order valence-corrected chi connectivity index (χ4v) is 3.36. The van der Waals surface area contributed by atoms with Crippen LogP contribution < -0.4 is 0 Å². The van der Waals surface area contributed by atoms with Gasteiger partial charge in [0.1, 0.15) is 5.69 Å². The summed E-state index contributed by atoms with van der Waals surface area (Å²) >= 11 is 0. The molecule has 0 radical (unpaired) electrons. The normalized spacial score (nSPS) is 12.0. The molecule has 2 aromatic carbocycles. The summed E-state index contributed by atoms with van der Waals surface area (Å²) in [7, 11) is 2.00. The second kappa shape index (κ2) is 5.62. The van der Waals surface area contributed by atoms with E-state index in [0.29, 0.717) is 0 Å². The lowest BCUT2D eigenvalue weighted by atomic mass is 9.86. The number of para-hydroxylation sites is 1. The van der Waals surface area contributed by atoms with E-state index in [0.717, 1.165) is 22.5 Å². The fraction of sp³-hybridized carbons (Fsp3) is 0.227. The molecule has 0 atom stereocenters. The number of aromatic amines is 1. The lowest BCUT2D eigenvalue weighted by Crippen LogP contribution is -2.10. The molecule has 25 heavy (non-hydrogen) atoms. The van der Waals surface area contributed by atoms with E-state index in [4.69, 9.17) is 5.10 Å². The molecular weight excluding hydrogens is 306 g/mol. The molecule has 4 aromatic rings. The van der Waals surface area contributed by atoms with Crippen LogP contribution in [-0.4, -0.2) is 14.8 Å². The highest BCUT2D eigenvalue weighted by Crippen LogP contribution is 2.35. The summed E-state index contributed by atoms with van der Waals surface area (Å²) in [4.78, 5) is 3.40. The number of fused-ring (bicyclic) bond motifs is 1. The molecule has 0 spiro atoms. The van der Waals surface area contributed by atoms with E-state index >= 15 is 0 Å². The van der Waals surface area contributed by atoms with Crippen LogP contribution in [-0.2, 0) is 12.5 Å². The Balaban J connectivity index is 1.83. The number of benzene rings is 2. The van der Waals surface area contributed by atoms with Gasteiger partial charge in [-0.2, -0.15) is 5.10 Å². The van der Waals surface area contributed by atoms with Crippen molar-refractivity contribution in [3.05, 3.63) is 66.4 Å². The topological polar surface area (TPSA) is 33.6 Å². The summed E-state index contributed by atoms with van der Waals surface area (Å²) in [5.41, 5.74) is 7.11. The summed E-state index contributed by atoms with van der Waals surface area (Å²) in [6.45, 7) is 6.71. The number of nitrogens with one attached hydrogen (secondary N) is 1. The smallest absolute Gasteiger partial charge is 0.102 e. The Bertz CT molecular complexity index is 1030. The quantitative estimate of drug-likeness (QED) is 0.515. The monoisotopic (exact) mass is 329 g/mol. The number of nitrogens with zero attached hydrogens (tertiary/aromatic N) is 2. The molecule has 0 bridgehead atoms. The minimum Gasteiger partial charge on any atom is -0.361 e. The van der Waals surface area contributed by atoms with Gasteiger partial charge in [-0.3, -0.25) is 4.68 Å². The average Bonchev–Trinajstić information content (AvgIpc) is 3.19. The third-order valence-electron chi connectivity index (χ3n) is 4.80. The van der Waals surface area contributed by atoms with Crippen molar-refractivity contribution in [2.75, 3.05) is 0 Å². The van der Waals surface area contributed by atoms with Crippen LogP contribution in [0.5, 0.6) is 0 Å². The maximum atomic E-state index is 4.77. The predicted molar refractivity (Wildman–Crippen MR) is 105 cm³/mol. The number of H-pyrrole nitrogens is 1. The first-order chi connectivity index (χ1) is 11.9. The first-order valence-electron chi connectivity index (χ1n) is 8.65. The largest absolute Gasteiger partial charge is 0.361 e. The number of hydrogen-bond donors (Lipinski definition) is 1. The van der Waals surface area contributed by atoms with Gasteiger partial charge in [-0.05, 0) is 28.7 Å². The van der Waals surface area contributed by atoms with Gasteiger partial charge in [-0.1, -0.05) is 63.2 Å². The third kappa shape index (κ3) is 2.66. The second-order valence-electron chi connectivity index (χ2n) is 7.58. The van der Waals surface area contributed by atoms with Crippen molar-refractivity contribution in [1.29, 1.82) is 0 Å². The number of rotatable bonds is 2. The third-order valence-corrected chi connectivity index (χ3v) is 4.80. The van der Waals surface area contributed by atoms with Crippen LogP contribution in [0.15, 0.2) is 60.8 Å². The fourth-order valence-electron chi connectivity index (χ4n) is 3.36. The highest BCUT2D eigenvalue weighted by molar-refractivity contribution is 5.97. The Kier molecular flexibility index (Phi) is 3.53. The van der Waals surface area contributed by atoms with E-state index in [2.05, 4.69) is 80.4 Å². The molecule has 0 saturated heterocycles. The van der Waals surface area contributed by atoms with Gasteiger partial charge in [0.15, 0.2) is 0 Å². The van der Waals surface area contributed by atoms with Crippen molar-refractivity contribution >= 4 is 10.9 Å². The highest BCUT2D eigenvalue weighted by Gasteiger charge is 2.17. The molecule has 3 heteroatoms. The second-order valence-corrected chi connectivity index (χ2v) is 7.58. The zero-order chi connectivity index (χ0) is 17.6. The molecule has 1 N–H and O–H groups in total. The van der Waals surface area contributed by atoms with Crippen LogP contribution in [0.2, 0.25) is 0 Å². The maximum absolute atomic E-state index is 4.77. The van der Waals surface area contributed by atoms with Crippen molar-refractivity contribution in [1.82, 2.24) is 14.8 Å². The molecule has 0 saturated carbocycles. The summed E-state index contributed by atoms with van der Waals surface area (Å²) in [6, 6.07) is 19.3. The number of aryl methyl sites for hydroxylation is 1. The van der Waals surface area contributed by atoms with Gasteiger partial charge in [-0.25, -0.2) is 0 Å². The molecule has 126 valence electrons. The van der Waals surface area contributed by atoms with Crippen LogP contribution in [0.25, 0.3) is 33.4 Å². The van der Waals surface area contributed by atoms with Gasteiger partial charge in [0.2, 0.25) is 0 Å². The minimum absolute atomic E-state index is 0.161. The molecule has 2 heterocycles.